The van der Waals surface area contributed by atoms with E-state index in [2.05, 4.69) is 31.1 Å². The van der Waals surface area contributed by atoms with Gasteiger partial charge in [0.25, 0.3) is 0 Å². The third-order valence-corrected chi connectivity index (χ3v) is 4.49. The lowest BCUT2D eigenvalue weighted by atomic mass is 9.98. The largest absolute Gasteiger partial charge is 0.380 e. The molecule has 0 atom stereocenters. The summed E-state index contributed by atoms with van der Waals surface area (Å²) in [6.07, 6.45) is 1.91. The molecule has 3 nitrogen and oxygen atoms in total. The molecule has 0 aliphatic heterocycles. The third-order valence-electron chi connectivity index (χ3n) is 2.75. The minimum Gasteiger partial charge on any atom is -0.380 e. The predicted molar refractivity (Wildman–Crippen MR) is 84.3 cm³/mol. The number of hydrogen-bond donors (Lipinski definition) is 1. The van der Waals surface area contributed by atoms with E-state index in [9.17, 15) is 0 Å². The molecule has 0 saturated heterocycles. The highest BCUT2D eigenvalue weighted by Gasteiger charge is 2.17. The van der Waals surface area contributed by atoms with Gasteiger partial charge in [-0.05, 0) is 18.2 Å². The predicted octanol–water partition coefficient (Wildman–Crippen LogP) is 4.58. The molecule has 0 unspecified atom stereocenters. The molecule has 1 aromatic carbocycles. The van der Waals surface area contributed by atoms with Crippen LogP contribution in [-0.4, -0.2) is 4.98 Å². The van der Waals surface area contributed by atoms with Crippen LogP contribution in [0.5, 0.6) is 0 Å². The molecule has 0 aliphatic rings. The number of halogens is 1. The van der Waals surface area contributed by atoms with Crippen LogP contribution in [0.3, 0.4) is 0 Å². The van der Waals surface area contributed by atoms with E-state index in [1.165, 1.54) is 4.88 Å². The smallest absolute Gasteiger partial charge is 0.101 e. The van der Waals surface area contributed by atoms with Gasteiger partial charge in [0.15, 0.2) is 0 Å². The summed E-state index contributed by atoms with van der Waals surface area (Å²) in [6.45, 7) is 7.17. The lowest BCUT2D eigenvalue weighted by molar-refractivity contribution is 0.585. The Balaban J connectivity index is 2.04. The van der Waals surface area contributed by atoms with Gasteiger partial charge in [0.1, 0.15) is 6.07 Å². The van der Waals surface area contributed by atoms with Crippen LogP contribution in [0.15, 0.2) is 24.4 Å². The lowest BCUT2D eigenvalue weighted by Crippen LogP contribution is -2.09. The minimum absolute atomic E-state index is 0.0840. The summed E-state index contributed by atoms with van der Waals surface area (Å²) >= 11 is 7.71. The molecular formula is C15H16ClN3S. The SMILES string of the molecule is CC(C)(C)c1ncc(CNc2ccc(C#N)c(Cl)c2)s1. The maximum absolute atomic E-state index is 8.83. The molecule has 0 spiro atoms. The van der Waals surface area contributed by atoms with Crippen molar-refractivity contribution in [2.45, 2.75) is 32.7 Å². The van der Waals surface area contributed by atoms with E-state index in [4.69, 9.17) is 16.9 Å². The summed E-state index contributed by atoms with van der Waals surface area (Å²) < 4.78 is 0. The zero-order chi connectivity index (χ0) is 14.8. The minimum atomic E-state index is 0.0840. The van der Waals surface area contributed by atoms with Crippen LogP contribution in [0.4, 0.5) is 5.69 Å². The summed E-state index contributed by atoms with van der Waals surface area (Å²) in [4.78, 5) is 5.63. The Kier molecular flexibility index (Phi) is 4.32. The molecular weight excluding hydrogens is 290 g/mol. The number of nitrogens with one attached hydrogen (secondary N) is 1. The van der Waals surface area contributed by atoms with Gasteiger partial charge in [-0.15, -0.1) is 11.3 Å². The first-order chi connectivity index (χ1) is 9.40. The molecule has 0 bridgehead atoms. The first kappa shape index (κ1) is 14.8. The number of rotatable bonds is 3. The summed E-state index contributed by atoms with van der Waals surface area (Å²) in [5.74, 6) is 0. The van der Waals surface area contributed by atoms with Crippen LogP contribution in [-0.2, 0) is 12.0 Å². The van der Waals surface area contributed by atoms with Gasteiger partial charge in [0.2, 0.25) is 0 Å². The fourth-order valence-corrected chi connectivity index (χ4v) is 2.77. The topological polar surface area (TPSA) is 48.7 Å². The maximum Gasteiger partial charge on any atom is 0.101 e. The van der Waals surface area contributed by atoms with Crippen molar-refractivity contribution in [3.63, 3.8) is 0 Å². The van der Waals surface area contributed by atoms with Crippen LogP contribution >= 0.6 is 22.9 Å². The van der Waals surface area contributed by atoms with Gasteiger partial charge < -0.3 is 5.32 Å². The van der Waals surface area contributed by atoms with Gasteiger partial charge in [-0.1, -0.05) is 32.4 Å². The van der Waals surface area contributed by atoms with Gasteiger partial charge in [-0.25, -0.2) is 4.98 Å². The molecule has 2 rings (SSSR count). The van der Waals surface area contributed by atoms with E-state index in [0.717, 1.165) is 10.7 Å². The molecule has 1 heterocycles. The molecule has 5 heteroatoms. The van der Waals surface area contributed by atoms with E-state index in [1.807, 2.05) is 18.3 Å². The third kappa shape index (κ3) is 3.50. The fraction of sp³-hybridized carbons (Fsp3) is 0.333. The van der Waals surface area contributed by atoms with Crippen molar-refractivity contribution in [2.24, 2.45) is 0 Å². The number of thiazole rings is 1. The summed E-state index contributed by atoms with van der Waals surface area (Å²) in [7, 11) is 0. The summed E-state index contributed by atoms with van der Waals surface area (Å²) in [6, 6.07) is 7.40. The second-order valence-electron chi connectivity index (χ2n) is 5.54. The molecule has 0 saturated carbocycles. The van der Waals surface area contributed by atoms with Crippen LogP contribution < -0.4 is 5.32 Å². The second-order valence-corrected chi connectivity index (χ2v) is 7.06. The van der Waals surface area contributed by atoms with Crippen LogP contribution in [0, 0.1) is 11.3 Å². The second kappa shape index (κ2) is 5.82. The first-order valence-corrected chi connectivity index (χ1v) is 7.48. The summed E-state index contributed by atoms with van der Waals surface area (Å²) in [5.41, 5.74) is 1.48. The highest BCUT2D eigenvalue weighted by Crippen LogP contribution is 2.27. The van der Waals surface area contributed by atoms with Crippen LogP contribution in [0.1, 0.15) is 36.2 Å². The lowest BCUT2D eigenvalue weighted by Gasteiger charge is -2.13. The van der Waals surface area contributed by atoms with E-state index < -0.39 is 0 Å². The van der Waals surface area contributed by atoms with Gasteiger partial charge in [-0.2, -0.15) is 5.26 Å². The van der Waals surface area contributed by atoms with Gasteiger partial charge >= 0.3 is 0 Å². The number of benzene rings is 1. The Morgan fingerprint density at radius 1 is 1.40 bits per heavy atom. The normalized spacial score (nSPS) is 11.2. The molecule has 0 radical (unpaired) electrons. The molecule has 20 heavy (non-hydrogen) atoms. The number of nitriles is 1. The summed E-state index contributed by atoms with van der Waals surface area (Å²) in [5, 5.41) is 13.7. The number of anilines is 1. The average molecular weight is 306 g/mol. The van der Waals surface area contributed by atoms with Crippen LogP contribution in [0.2, 0.25) is 5.02 Å². The van der Waals surface area contributed by atoms with Crippen molar-refractivity contribution in [1.82, 2.24) is 4.98 Å². The standard InChI is InChI=1S/C15H16ClN3S/c1-15(2,3)14-19-9-12(20-14)8-18-11-5-4-10(7-17)13(16)6-11/h4-6,9,18H,8H2,1-3H3. The Hall–Kier alpha value is -1.57. The van der Waals surface area contributed by atoms with Crippen molar-refractivity contribution in [2.75, 3.05) is 5.32 Å². The highest BCUT2D eigenvalue weighted by molar-refractivity contribution is 7.11. The van der Waals surface area contributed by atoms with E-state index in [1.54, 1.807) is 23.5 Å². The van der Waals surface area contributed by atoms with Gasteiger partial charge in [0.05, 0.1) is 22.1 Å². The molecule has 0 fully saturated rings. The van der Waals surface area contributed by atoms with Crippen molar-refractivity contribution in [3.8, 4) is 6.07 Å². The van der Waals surface area contributed by atoms with Crippen LogP contribution in [0.25, 0.3) is 0 Å². The van der Waals surface area contributed by atoms with Crippen molar-refractivity contribution >= 4 is 28.6 Å². The Bertz CT molecular complexity index is 650. The van der Waals surface area contributed by atoms with E-state index >= 15 is 0 Å². The average Bonchev–Trinajstić information content (AvgIpc) is 2.85. The van der Waals surface area contributed by atoms with Crippen molar-refractivity contribution in [1.29, 1.82) is 5.26 Å². The quantitative estimate of drug-likeness (QED) is 0.903. The Morgan fingerprint density at radius 3 is 2.70 bits per heavy atom. The highest BCUT2D eigenvalue weighted by atomic mass is 35.5. The Morgan fingerprint density at radius 2 is 2.15 bits per heavy atom. The zero-order valence-corrected chi connectivity index (χ0v) is 13.3. The monoisotopic (exact) mass is 305 g/mol. The molecule has 2 aromatic rings. The van der Waals surface area contributed by atoms with Gasteiger partial charge in [-0.3, -0.25) is 0 Å². The number of hydrogen-bond acceptors (Lipinski definition) is 4. The van der Waals surface area contributed by atoms with E-state index in [-0.39, 0.29) is 5.41 Å². The Labute approximate surface area is 128 Å². The number of aromatic nitrogens is 1. The fourth-order valence-electron chi connectivity index (χ4n) is 1.64. The number of nitrogens with zero attached hydrogens (tertiary/aromatic N) is 2. The molecule has 0 aliphatic carbocycles. The van der Waals surface area contributed by atoms with Crippen molar-refractivity contribution in [3.05, 3.63) is 44.9 Å². The maximum atomic E-state index is 8.83. The zero-order valence-electron chi connectivity index (χ0n) is 11.7. The molecule has 1 N–H and O–H groups in total. The van der Waals surface area contributed by atoms with E-state index in [0.29, 0.717) is 17.1 Å². The molecule has 104 valence electrons. The molecule has 1 aromatic heterocycles. The van der Waals surface area contributed by atoms with Gasteiger partial charge in [0, 0.05) is 22.2 Å². The first-order valence-electron chi connectivity index (χ1n) is 6.29. The van der Waals surface area contributed by atoms with Crippen molar-refractivity contribution < 1.29 is 0 Å². The molecule has 0 amide bonds.